The zero-order valence-electron chi connectivity index (χ0n) is 20.8. The van der Waals surface area contributed by atoms with Gasteiger partial charge in [-0.25, -0.2) is 8.42 Å². The van der Waals surface area contributed by atoms with Gasteiger partial charge in [-0.15, -0.1) is 0 Å². The van der Waals surface area contributed by atoms with E-state index in [4.69, 9.17) is 0 Å². The van der Waals surface area contributed by atoms with Crippen LogP contribution in [0.4, 0.5) is 0 Å². The van der Waals surface area contributed by atoms with E-state index in [1.165, 1.54) is 0 Å². The minimum atomic E-state index is -3.91. The van der Waals surface area contributed by atoms with Crippen LogP contribution in [0.15, 0.2) is 52.3 Å². The molecule has 2 aromatic rings. The van der Waals surface area contributed by atoms with Crippen molar-refractivity contribution in [3.63, 3.8) is 0 Å². The van der Waals surface area contributed by atoms with E-state index in [9.17, 15) is 8.42 Å². The fourth-order valence-corrected chi connectivity index (χ4v) is 5.11. The molecule has 0 radical (unpaired) electrons. The first-order valence-electron chi connectivity index (χ1n) is 10.8. The molecule has 32 heavy (non-hydrogen) atoms. The van der Waals surface area contributed by atoms with Gasteiger partial charge in [-0.3, -0.25) is 0 Å². The summed E-state index contributed by atoms with van der Waals surface area (Å²) in [5.41, 5.74) is 2.99. The Kier molecular flexibility index (Phi) is 7.49. The summed E-state index contributed by atoms with van der Waals surface area (Å²) in [5.74, 6) is 12.6. The first-order valence-corrected chi connectivity index (χ1v) is 12.3. The summed E-state index contributed by atoms with van der Waals surface area (Å²) in [6.07, 6.45) is 0. The maximum absolute atomic E-state index is 14.1. The van der Waals surface area contributed by atoms with Crippen LogP contribution in [0.3, 0.4) is 0 Å². The first-order chi connectivity index (χ1) is 14.6. The van der Waals surface area contributed by atoms with E-state index in [0.717, 1.165) is 11.1 Å². The summed E-state index contributed by atoms with van der Waals surface area (Å²) in [6.45, 7) is 17.6. The van der Waals surface area contributed by atoms with E-state index in [-0.39, 0.29) is 15.7 Å². The highest BCUT2D eigenvalue weighted by Gasteiger charge is 2.28. The van der Waals surface area contributed by atoms with Gasteiger partial charge >= 0.3 is 0 Å². The summed E-state index contributed by atoms with van der Waals surface area (Å²) in [5, 5.41) is 0. The number of benzene rings is 2. The van der Waals surface area contributed by atoms with Crippen molar-refractivity contribution in [2.45, 2.75) is 67.2 Å². The first kappa shape index (κ1) is 25.5. The molecule has 0 saturated carbocycles. The Morgan fingerprint density at radius 1 is 0.750 bits per heavy atom. The molecule has 0 spiro atoms. The highest BCUT2D eigenvalue weighted by Crippen LogP contribution is 2.32. The van der Waals surface area contributed by atoms with Gasteiger partial charge in [0, 0.05) is 10.8 Å². The Balaban J connectivity index is 3.05. The van der Waals surface area contributed by atoms with E-state index < -0.39 is 9.84 Å². The van der Waals surface area contributed by atoms with Crippen molar-refractivity contribution in [2.24, 2.45) is 10.8 Å². The third-order valence-corrected chi connectivity index (χ3v) is 6.57. The molecule has 168 valence electrons. The largest absolute Gasteiger partial charge is 0.218 e. The zero-order valence-corrected chi connectivity index (χ0v) is 21.6. The molecular weight excluding hydrogens is 412 g/mol. The standard InChI is InChI=1S/C29H34O2S/c1-21-19-22(2)27(23(3)20-21)32(30,31)26(16-18-29(7,8)9)25(15-17-28(4,5)6)24-13-11-10-12-14-24/h10-14,19-20H,1-9H3/b26-25-. The molecule has 2 aromatic carbocycles. The lowest BCUT2D eigenvalue weighted by molar-refractivity contribution is 0.570. The van der Waals surface area contributed by atoms with Crippen LogP contribution in [-0.2, 0) is 9.84 Å². The second-order valence-electron chi connectivity index (χ2n) is 10.3. The lowest BCUT2D eigenvalue weighted by Gasteiger charge is -2.15. The molecule has 0 unspecified atom stereocenters. The molecule has 0 aliphatic rings. The molecule has 2 rings (SSSR count). The van der Waals surface area contributed by atoms with Gasteiger partial charge in [0.15, 0.2) is 0 Å². The molecule has 2 nitrogen and oxygen atoms in total. The fourth-order valence-electron chi connectivity index (χ4n) is 3.32. The van der Waals surface area contributed by atoms with Gasteiger partial charge in [-0.1, -0.05) is 71.7 Å². The van der Waals surface area contributed by atoms with Crippen LogP contribution in [0.2, 0.25) is 0 Å². The molecular formula is C29H34O2S. The lowest BCUT2D eigenvalue weighted by Crippen LogP contribution is -2.11. The van der Waals surface area contributed by atoms with Crippen molar-refractivity contribution < 1.29 is 8.42 Å². The van der Waals surface area contributed by atoms with Gasteiger partial charge in [-0.05, 0) is 79.0 Å². The van der Waals surface area contributed by atoms with Crippen molar-refractivity contribution in [2.75, 3.05) is 0 Å². The predicted molar refractivity (Wildman–Crippen MR) is 136 cm³/mol. The van der Waals surface area contributed by atoms with E-state index in [1.807, 2.05) is 105 Å². The molecule has 0 amide bonds. The molecule has 0 aliphatic heterocycles. The number of sulfone groups is 1. The quantitative estimate of drug-likeness (QED) is 0.481. The molecule has 0 saturated heterocycles. The molecule has 0 aromatic heterocycles. The van der Waals surface area contributed by atoms with Crippen molar-refractivity contribution in [1.29, 1.82) is 0 Å². The van der Waals surface area contributed by atoms with Crippen LogP contribution >= 0.6 is 0 Å². The Labute approximate surface area is 195 Å². The van der Waals surface area contributed by atoms with Crippen LogP contribution in [0.25, 0.3) is 5.57 Å². The zero-order chi connectivity index (χ0) is 24.3. The molecule has 0 bridgehead atoms. The van der Waals surface area contributed by atoms with E-state index >= 15 is 0 Å². The Bertz CT molecular complexity index is 1230. The maximum atomic E-state index is 14.1. The monoisotopic (exact) mass is 446 g/mol. The van der Waals surface area contributed by atoms with Gasteiger partial charge in [-0.2, -0.15) is 0 Å². The SMILES string of the molecule is Cc1cc(C)c(S(=O)(=O)/C(C#CC(C)(C)C)=C(/C#CC(C)(C)C)c2ccccc2)c(C)c1. The Morgan fingerprint density at radius 2 is 1.22 bits per heavy atom. The summed E-state index contributed by atoms with van der Waals surface area (Å²) in [4.78, 5) is 0.373. The Morgan fingerprint density at radius 3 is 1.69 bits per heavy atom. The normalized spacial score (nSPS) is 12.8. The second kappa shape index (κ2) is 9.40. The number of hydrogen-bond donors (Lipinski definition) is 0. The maximum Gasteiger partial charge on any atom is 0.216 e. The van der Waals surface area contributed by atoms with E-state index in [0.29, 0.717) is 21.6 Å². The molecule has 0 fully saturated rings. The second-order valence-corrected chi connectivity index (χ2v) is 12.1. The van der Waals surface area contributed by atoms with Gasteiger partial charge in [0.1, 0.15) is 4.91 Å². The molecule has 3 heteroatoms. The van der Waals surface area contributed by atoms with Crippen LogP contribution in [0.5, 0.6) is 0 Å². The number of allylic oxidation sites excluding steroid dienone is 2. The smallest absolute Gasteiger partial charge is 0.216 e. The summed E-state index contributed by atoms with van der Waals surface area (Å²) < 4.78 is 28.2. The van der Waals surface area contributed by atoms with Crippen LogP contribution in [0, 0.1) is 55.3 Å². The van der Waals surface area contributed by atoms with E-state index in [1.54, 1.807) is 0 Å². The highest BCUT2D eigenvalue weighted by molar-refractivity contribution is 7.96. The topological polar surface area (TPSA) is 34.1 Å². The van der Waals surface area contributed by atoms with Gasteiger partial charge in [0.2, 0.25) is 9.84 Å². The van der Waals surface area contributed by atoms with Crippen molar-refractivity contribution in [3.05, 3.63) is 69.6 Å². The average molecular weight is 447 g/mol. The molecule has 0 heterocycles. The van der Waals surface area contributed by atoms with Gasteiger partial charge in [0.05, 0.1) is 10.5 Å². The summed E-state index contributed by atoms with van der Waals surface area (Å²) in [6, 6.07) is 13.2. The van der Waals surface area contributed by atoms with Gasteiger partial charge in [0.25, 0.3) is 0 Å². The number of aryl methyl sites for hydroxylation is 3. The van der Waals surface area contributed by atoms with Crippen LogP contribution in [-0.4, -0.2) is 8.42 Å². The third-order valence-electron chi connectivity index (χ3n) is 4.55. The predicted octanol–water partition coefficient (Wildman–Crippen LogP) is 6.90. The van der Waals surface area contributed by atoms with Crippen molar-refractivity contribution in [3.8, 4) is 23.7 Å². The fraction of sp³-hybridized carbons (Fsp3) is 0.379. The molecule has 0 N–H and O–H groups in total. The molecule has 0 aliphatic carbocycles. The lowest BCUT2D eigenvalue weighted by atomic mass is 9.95. The average Bonchev–Trinajstić information content (AvgIpc) is 2.62. The van der Waals surface area contributed by atoms with Crippen LogP contribution < -0.4 is 0 Å². The summed E-state index contributed by atoms with van der Waals surface area (Å²) >= 11 is 0. The van der Waals surface area contributed by atoms with Crippen LogP contribution in [0.1, 0.15) is 63.8 Å². The minimum absolute atomic E-state index is 0.0606. The third kappa shape index (κ3) is 6.62. The highest BCUT2D eigenvalue weighted by atomic mass is 32.2. The van der Waals surface area contributed by atoms with Gasteiger partial charge < -0.3 is 0 Å². The Hall–Kier alpha value is -2.75. The van der Waals surface area contributed by atoms with E-state index in [2.05, 4.69) is 23.7 Å². The summed E-state index contributed by atoms with van der Waals surface area (Å²) in [7, 11) is -3.91. The minimum Gasteiger partial charge on any atom is -0.218 e. The number of rotatable bonds is 3. The van der Waals surface area contributed by atoms with Crippen molar-refractivity contribution in [1.82, 2.24) is 0 Å². The number of hydrogen-bond acceptors (Lipinski definition) is 2. The van der Waals surface area contributed by atoms with Crippen molar-refractivity contribution >= 4 is 15.4 Å². The molecule has 0 atom stereocenters.